The number of anilines is 1. The van der Waals surface area contributed by atoms with E-state index < -0.39 is 21.5 Å². The summed E-state index contributed by atoms with van der Waals surface area (Å²) in [6.45, 7) is 3.88. The van der Waals surface area contributed by atoms with Crippen molar-refractivity contribution < 1.29 is 17.6 Å². The Labute approximate surface area is 161 Å². The van der Waals surface area contributed by atoms with Crippen LogP contribution in [0.15, 0.2) is 51.8 Å². The molecule has 0 aliphatic carbocycles. The zero-order valence-corrected chi connectivity index (χ0v) is 16.1. The Morgan fingerprint density at radius 1 is 1.11 bits per heavy atom. The highest BCUT2D eigenvalue weighted by Crippen LogP contribution is 2.24. The van der Waals surface area contributed by atoms with Gasteiger partial charge < -0.3 is 4.42 Å². The highest BCUT2D eigenvalue weighted by molar-refractivity contribution is 7.92. The standard InChI is InChI=1S/C18H16ClN3O4S/c1-11-3-8-15(12(2)9-11)17-21-22-18(26-17)20-16(23)10-27(24,25)14-6-4-13(19)5-7-14/h3-9H,10H2,1-2H3,(H,20,22,23). The molecular weight excluding hydrogens is 390 g/mol. The van der Waals surface area contributed by atoms with Crippen LogP contribution in [-0.2, 0) is 14.6 Å². The molecule has 0 fully saturated rings. The first-order valence-electron chi connectivity index (χ1n) is 7.94. The van der Waals surface area contributed by atoms with E-state index in [-0.39, 0.29) is 16.8 Å². The third kappa shape index (κ3) is 4.53. The Balaban J connectivity index is 1.71. The lowest BCUT2D eigenvalue weighted by molar-refractivity contribution is -0.114. The maximum Gasteiger partial charge on any atom is 0.322 e. The van der Waals surface area contributed by atoms with Gasteiger partial charge in [-0.05, 0) is 49.7 Å². The number of carbonyl (C=O) groups is 1. The predicted molar refractivity (Wildman–Crippen MR) is 101 cm³/mol. The molecule has 7 nitrogen and oxygen atoms in total. The third-order valence-electron chi connectivity index (χ3n) is 3.78. The molecule has 1 N–H and O–H groups in total. The second kappa shape index (κ2) is 7.50. The highest BCUT2D eigenvalue weighted by atomic mass is 35.5. The molecule has 1 amide bonds. The first-order valence-corrected chi connectivity index (χ1v) is 9.97. The largest absolute Gasteiger partial charge is 0.403 e. The van der Waals surface area contributed by atoms with Crippen molar-refractivity contribution in [1.82, 2.24) is 10.2 Å². The van der Waals surface area contributed by atoms with Crippen molar-refractivity contribution >= 4 is 33.4 Å². The monoisotopic (exact) mass is 405 g/mol. The molecule has 3 rings (SSSR count). The van der Waals surface area contributed by atoms with Gasteiger partial charge in [0.05, 0.1) is 4.90 Å². The molecule has 0 aliphatic heterocycles. The van der Waals surface area contributed by atoms with Crippen molar-refractivity contribution in [1.29, 1.82) is 0 Å². The van der Waals surface area contributed by atoms with Gasteiger partial charge in [0.25, 0.3) is 0 Å². The van der Waals surface area contributed by atoms with Crippen LogP contribution in [0.5, 0.6) is 0 Å². The second-order valence-electron chi connectivity index (χ2n) is 5.99. The number of nitrogens with zero attached hydrogens (tertiary/aromatic N) is 2. The molecule has 0 saturated carbocycles. The van der Waals surface area contributed by atoms with Gasteiger partial charge in [0.15, 0.2) is 9.84 Å². The predicted octanol–water partition coefficient (Wildman–Crippen LogP) is 3.42. The summed E-state index contributed by atoms with van der Waals surface area (Å²) in [5, 5.41) is 10.4. The molecule has 0 spiro atoms. The van der Waals surface area contributed by atoms with Gasteiger partial charge in [0.2, 0.25) is 11.8 Å². The molecule has 0 saturated heterocycles. The van der Waals surface area contributed by atoms with Gasteiger partial charge in [-0.15, -0.1) is 5.10 Å². The lowest BCUT2D eigenvalue weighted by Gasteiger charge is -2.04. The number of aryl methyl sites for hydroxylation is 2. The lowest BCUT2D eigenvalue weighted by atomic mass is 10.1. The summed E-state index contributed by atoms with van der Waals surface area (Å²) in [6, 6.07) is 11.1. The maximum atomic E-state index is 12.3. The number of halogens is 1. The van der Waals surface area contributed by atoms with E-state index in [2.05, 4.69) is 15.5 Å². The average molecular weight is 406 g/mol. The molecule has 3 aromatic rings. The fraction of sp³-hybridized carbons (Fsp3) is 0.167. The van der Waals surface area contributed by atoms with E-state index in [1.807, 2.05) is 32.0 Å². The van der Waals surface area contributed by atoms with E-state index in [1.165, 1.54) is 24.3 Å². The normalized spacial score (nSPS) is 11.4. The quantitative estimate of drug-likeness (QED) is 0.697. The van der Waals surface area contributed by atoms with E-state index in [0.29, 0.717) is 5.02 Å². The SMILES string of the molecule is Cc1ccc(-c2nnc(NC(=O)CS(=O)(=O)c3ccc(Cl)cc3)o2)c(C)c1. The van der Waals surface area contributed by atoms with Crippen LogP contribution in [-0.4, -0.2) is 30.3 Å². The molecule has 0 bridgehead atoms. The van der Waals surface area contributed by atoms with Crippen molar-refractivity contribution in [2.24, 2.45) is 0 Å². The van der Waals surface area contributed by atoms with Crippen molar-refractivity contribution in [3.05, 3.63) is 58.6 Å². The summed E-state index contributed by atoms with van der Waals surface area (Å²) in [5.41, 5.74) is 2.78. The molecule has 1 heterocycles. The van der Waals surface area contributed by atoms with E-state index in [1.54, 1.807) is 0 Å². The first-order chi connectivity index (χ1) is 12.7. The highest BCUT2D eigenvalue weighted by Gasteiger charge is 2.21. The van der Waals surface area contributed by atoms with Crippen molar-refractivity contribution in [3.8, 4) is 11.5 Å². The van der Waals surface area contributed by atoms with Gasteiger partial charge >= 0.3 is 6.01 Å². The van der Waals surface area contributed by atoms with E-state index in [0.717, 1.165) is 16.7 Å². The van der Waals surface area contributed by atoms with E-state index >= 15 is 0 Å². The molecule has 9 heteroatoms. The van der Waals surface area contributed by atoms with Crippen LogP contribution in [0.2, 0.25) is 5.02 Å². The van der Waals surface area contributed by atoms with Crippen LogP contribution in [0.3, 0.4) is 0 Å². The molecule has 1 aromatic heterocycles. The second-order valence-corrected chi connectivity index (χ2v) is 8.42. The first kappa shape index (κ1) is 19.1. The summed E-state index contributed by atoms with van der Waals surface area (Å²) >= 11 is 5.75. The Morgan fingerprint density at radius 3 is 2.48 bits per heavy atom. The summed E-state index contributed by atoms with van der Waals surface area (Å²) in [6.07, 6.45) is 0. The molecule has 0 aliphatic rings. The molecule has 0 atom stereocenters. The Hall–Kier alpha value is -2.71. The number of benzene rings is 2. The number of hydrogen-bond donors (Lipinski definition) is 1. The number of rotatable bonds is 5. The molecule has 2 aromatic carbocycles. The van der Waals surface area contributed by atoms with Crippen molar-refractivity contribution in [2.45, 2.75) is 18.7 Å². The summed E-state index contributed by atoms with van der Waals surface area (Å²) in [5.74, 6) is -1.29. The van der Waals surface area contributed by atoms with Crippen molar-refractivity contribution in [2.75, 3.05) is 11.1 Å². The van der Waals surface area contributed by atoms with Gasteiger partial charge in [0, 0.05) is 10.6 Å². The third-order valence-corrected chi connectivity index (χ3v) is 5.66. The molecular formula is C18H16ClN3O4S. The van der Waals surface area contributed by atoms with Crippen LogP contribution in [0, 0.1) is 13.8 Å². The van der Waals surface area contributed by atoms with Crippen LogP contribution in [0.25, 0.3) is 11.5 Å². The Morgan fingerprint density at radius 2 is 1.81 bits per heavy atom. The molecule has 27 heavy (non-hydrogen) atoms. The van der Waals surface area contributed by atoms with Crippen LogP contribution in [0.4, 0.5) is 6.01 Å². The van der Waals surface area contributed by atoms with Gasteiger partial charge in [0.1, 0.15) is 5.75 Å². The number of sulfone groups is 1. The number of carbonyl (C=O) groups excluding carboxylic acids is 1. The topological polar surface area (TPSA) is 102 Å². The summed E-state index contributed by atoms with van der Waals surface area (Å²) in [4.78, 5) is 12.1. The lowest BCUT2D eigenvalue weighted by Crippen LogP contribution is -2.23. The van der Waals surface area contributed by atoms with Gasteiger partial charge in [-0.25, -0.2) is 8.42 Å². The number of hydrogen-bond acceptors (Lipinski definition) is 6. The Kier molecular flexibility index (Phi) is 5.29. The van der Waals surface area contributed by atoms with E-state index in [9.17, 15) is 13.2 Å². The fourth-order valence-electron chi connectivity index (χ4n) is 2.49. The smallest absolute Gasteiger partial charge is 0.322 e. The fourth-order valence-corrected chi connectivity index (χ4v) is 3.75. The van der Waals surface area contributed by atoms with Gasteiger partial charge in [-0.3, -0.25) is 10.1 Å². The molecule has 0 unspecified atom stereocenters. The number of amides is 1. The number of aromatic nitrogens is 2. The van der Waals surface area contributed by atoms with Crippen LogP contribution >= 0.6 is 11.6 Å². The van der Waals surface area contributed by atoms with Crippen LogP contribution in [0.1, 0.15) is 11.1 Å². The zero-order valence-electron chi connectivity index (χ0n) is 14.6. The van der Waals surface area contributed by atoms with Gasteiger partial charge in [-0.1, -0.05) is 34.4 Å². The van der Waals surface area contributed by atoms with Crippen LogP contribution < -0.4 is 5.32 Å². The molecule has 140 valence electrons. The minimum atomic E-state index is -3.81. The Bertz CT molecular complexity index is 1090. The average Bonchev–Trinajstić information content (AvgIpc) is 3.02. The maximum absolute atomic E-state index is 12.3. The van der Waals surface area contributed by atoms with Gasteiger partial charge in [-0.2, -0.15) is 0 Å². The van der Waals surface area contributed by atoms with Crippen molar-refractivity contribution in [3.63, 3.8) is 0 Å². The van der Waals surface area contributed by atoms with E-state index in [4.69, 9.17) is 16.0 Å². The minimum absolute atomic E-state index is 0.00329. The minimum Gasteiger partial charge on any atom is -0.403 e. The summed E-state index contributed by atoms with van der Waals surface area (Å²) < 4.78 is 30.0. The number of nitrogens with one attached hydrogen (secondary N) is 1. The summed E-state index contributed by atoms with van der Waals surface area (Å²) in [7, 11) is -3.81. The zero-order chi connectivity index (χ0) is 19.6. The molecule has 0 radical (unpaired) electrons.